The molecule has 6 heteroatoms. The molecule has 1 aromatic carbocycles. The Labute approximate surface area is 137 Å². The molecule has 0 spiro atoms. The van der Waals surface area contributed by atoms with Crippen LogP contribution < -0.4 is 10.2 Å². The predicted octanol–water partition coefficient (Wildman–Crippen LogP) is 3.99. The van der Waals surface area contributed by atoms with E-state index in [2.05, 4.69) is 48.0 Å². The number of benzene rings is 1. The molecule has 0 aliphatic rings. The van der Waals surface area contributed by atoms with Crippen LogP contribution in [0.5, 0.6) is 0 Å². The lowest BCUT2D eigenvalue weighted by molar-refractivity contribution is 0.940. The minimum atomic E-state index is 0.751. The van der Waals surface area contributed by atoms with Crippen molar-refractivity contribution >= 4 is 44.2 Å². The molecule has 0 bridgehead atoms. The number of nitrogens with one attached hydrogen (secondary N) is 1. The zero-order valence-electron chi connectivity index (χ0n) is 12.4. The molecule has 3 rings (SSSR count). The van der Waals surface area contributed by atoms with E-state index in [9.17, 15) is 0 Å². The Morgan fingerprint density at radius 1 is 1.18 bits per heavy atom. The maximum absolute atomic E-state index is 4.49. The van der Waals surface area contributed by atoms with Crippen LogP contribution in [0.2, 0.25) is 0 Å². The van der Waals surface area contributed by atoms with Crippen molar-refractivity contribution in [1.82, 2.24) is 15.0 Å². The molecular formula is C16H16BrN5. The summed E-state index contributed by atoms with van der Waals surface area (Å²) >= 11 is 3.47. The van der Waals surface area contributed by atoms with Gasteiger partial charge in [-0.05, 0) is 25.1 Å². The summed E-state index contributed by atoms with van der Waals surface area (Å²) in [6.45, 7) is 2.98. The second-order valence-electron chi connectivity index (χ2n) is 4.93. The van der Waals surface area contributed by atoms with Gasteiger partial charge in [-0.1, -0.05) is 22.0 Å². The van der Waals surface area contributed by atoms with Crippen LogP contribution in [0.3, 0.4) is 0 Å². The number of fused-ring (bicyclic) bond motifs is 1. The summed E-state index contributed by atoms with van der Waals surface area (Å²) in [6, 6.07) is 9.93. The first-order chi connectivity index (χ1) is 10.7. The summed E-state index contributed by atoms with van der Waals surface area (Å²) in [5.74, 6) is 1.66. The second-order valence-corrected chi connectivity index (χ2v) is 5.85. The Kier molecular flexibility index (Phi) is 4.20. The maximum atomic E-state index is 4.49. The van der Waals surface area contributed by atoms with Gasteiger partial charge >= 0.3 is 0 Å². The van der Waals surface area contributed by atoms with E-state index in [1.54, 1.807) is 6.33 Å². The van der Waals surface area contributed by atoms with Crippen LogP contribution in [0.15, 0.2) is 47.3 Å². The Balaban J connectivity index is 2.00. The molecule has 1 N–H and O–H groups in total. The third-order valence-corrected chi connectivity index (χ3v) is 3.95. The molecule has 5 nitrogen and oxygen atoms in total. The average molecular weight is 358 g/mol. The first-order valence-corrected chi connectivity index (χ1v) is 7.81. The van der Waals surface area contributed by atoms with Gasteiger partial charge < -0.3 is 10.2 Å². The first-order valence-electron chi connectivity index (χ1n) is 7.02. The fraction of sp³-hybridized carbons (Fsp3) is 0.188. The predicted molar refractivity (Wildman–Crippen MR) is 93.7 cm³/mol. The minimum Gasteiger partial charge on any atom is -0.360 e. The van der Waals surface area contributed by atoms with Crippen molar-refractivity contribution in [3.63, 3.8) is 0 Å². The van der Waals surface area contributed by atoms with Crippen LogP contribution in [-0.2, 0) is 0 Å². The zero-order valence-corrected chi connectivity index (χ0v) is 14.0. The van der Waals surface area contributed by atoms with Gasteiger partial charge in [0.15, 0.2) is 0 Å². The third kappa shape index (κ3) is 3.01. The fourth-order valence-electron chi connectivity index (χ4n) is 2.12. The van der Waals surface area contributed by atoms with Crippen LogP contribution in [0.4, 0.5) is 17.3 Å². The number of rotatable bonds is 4. The smallest absolute Gasteiger partial charge is 0.143 e. The highest BCUT2D eigenvalue weighted by atomic mass is 79.9. The van der Waals surface area contributed by atoms with Gasteiger partial charge in [0, 0.05) is 36.0 Å². The molecule has 0 aliphatic carbocycles. The lowest BCUT2D eigenvalue weighted by Crippen LogP contribution is -2.17. The molecule has 0 radical (unpaired) electrons. The van der Waals surface area contributed by atoms with Crippen LogP contribution in [0.1, 0.15) is 6.92 Å². The van der Waals surface area contributed by atoms with Crippen molar-refractivity contribution in [3.05, 3.63) is 47.3 Å². The van der Waals surface area contributed by atoms with Gasteiger partial charge in [0.1, 0.15) is 18.0 Å². The molecule has 0 saturated carbocycles. The molecular weight excluding hydrogens is 342 g/mol. The van der Waals surface area contributed by atoms with E-state index in [1.807, 2.05) is 43.6 Å². The van der Waals surface area contributed by atoms with Crippen LogP contribution in [-0.4, -0.2) is 28.5 Å². The largest absolute Gasteiger partial charge is 0.360 e. The number of hydrogen-bond donors (Lipinski definition) is 1. The van der Waals surface area contributed by atoms with E-state index in [0.717, 1.165) is 39.2 Å². The Morgan fingerprint density at radius 2 is 2.05 bits per heavy atom. The van der Waals surface area contributed by atoms with E-state index in [-0.39, 0.29) is 0 Å². The van der Waals surface area contributed by atoms with Crippen molar-refractivity contribution in [3.8, 4) is 0 Å². The zero-order chi connectivity index (χ0) is 15.5. The van der Waals surface area contributed by atoms with E-state index in [1.165, 1.54) is 0 Å². The average Bonchev–Trinajstić information content (AvgIpc) is 2.54. The van der Waals surface area contributed by atoms with Crippen molar-refractivity contribution < 1.29 is 0 Å². The number of aromatic nitrogens is 3. The van der Waals surface area contributed by atoms with Crippen molar-refractivity contribution in [1.29, 1.82) is 0 Å². The van der Waals surface area contributed by atoms with E-state index < -0.39 is 0 Å². The Morgan fingerprint density at radius 3 is 2.82 bits per heavy atom. The maximum Gasteiger partial charge on any atom is 0.143 e. The van der Waals surface area contributed by atoms with Crippen LogP contribution in [0, 0.1) is 0 Å². The molecule has 0 amide bonds. The molecule has 0 saturated heterocycles. The lowest BCUT2D eigenvalue weighted by Gasteiger charge is -2.16. The number of nitrogens with zero attached hydrogens (tertiary/aromatic N) is 4. The Bertz CT molecular complexity index is 805. The normalized spacial score (nSPS) is 10.7. The monoisotopic (exact) mass is 357 g/mol. The van der Waals surface area contributed by atoms with Gasteiger partial charge in [0.05, 0.1) is 10.9 Å². The molecule has 0 unspecified atom stereocenters. The summed E-state index contributed by atoms with van der Waals surface area (Å²) in [4.78, 5) is 15.3. The third-order valence-electron chi connectivity index (χ3n) is 3.46. The van der Waals surface area contributed by atoms with Gasteiger partial charge in [0.2, 0.25) is 0 Å². The SMILES string of the molecule is CCN(C)c1cc2ncnc(Nc3cccc(Br)c3)c2cn1. The number of anilines is 3. The molecule has 0 fully saturated rings. The molecule has 112 valence electrons. The summed E-state index contributed by atoms with van der Waals surface area (Å²) in [7, 11) is 2.01. The molecule has 22 heavy (non-hydrogen) atoms. The molecule has 0 atom stereocenters. The van der Waals surface area contributed by atoms with Crippen LogP contribution >= 0.6 is 15.9 Å². The number of pyridine rings is 1. The van der Waals surface area contributed by atoms with Gasteiger partial charge in [-0.3, -0.25) is 0 Å². The quantitative estimate of drug-likeness (QED) is 0.764. The highest BCUT2D eigenvalue weighted by Crippen LogP contribution is 2.25. The summed E-state index contributed by atoms with van der Waals surface area (Å²) in [6.07, 6.45) is 3.38. The fourth-order valence-corrected chi connectivity index (χ4v) is 2.51. The van der Waals surface area contributed by atoms with Gasteiger partial charge in [0.25, 0.3) is 0 Å². The van der Waals surface area contributed by atoms with Crippen LogP contribution in [0.25, 0.3) is 10.9 Å². The number of halogens is 1. The van der Waals surface area contributed by atoms with Crippen molar-refractivity contribution in [2.75, 3.05) is 23.8 Å². The van der Waals surface area contributed by atoms with E-state index in [0.29, 0.717) is 0 Å². The summed E-state index contributed by atoms with van der Waals surface area (Å²) in [5.41, 5.74) is 1.84. The minimum absolute atomic E-state index is 0.751. The summed E-state index contributed by atoms with van der Waals surface area (Å²) < 4.78 is 1.01. The molecule has 2 heterocycles. The molecule has 2 aromatic heterocycles. The van der Waals surface area contributed by atoms with E-state index in [4.69, 9.17) is 0 Å². The summed E-state index contributed by atoms with van der Waals surface area (Å²) in [5, 5.41) is 4.21. The molecule has 0 aliphatic heterocycles. The van der Waals surface area contributed by atoms with Crippen molar-refractivity contribution in [2.45, 2.75) is 6.92 Å². The Hall–Kier alpha value is -2.21. The van der Waals surface area contributed by atoms with Gasteiger partial charge in [-0.25, -0.2) is 15.0 Å². The highest BCUT2D eigenvalue weighted by molar-refractivity contribution is 9.10. The van der Waals surface area contributed by atoms with Gasteiger partial charge in [-0.2, -0.15) is 0 Å². The molecule has 3 aromatic rings. The standard InChI is InChI=1S/C16H16BrN5/c1-3-22(2)15-8-14-13(9-18-15)16(20-10-19-14)21-12-6-4-5-11(17)7-12/h4-10H,3H2,1-2H3,(H,19,20,21). The number of hydrogen-bond acceptors (Lipinski definition) is 5. The van der Waals surface area contributed by atoms with Crippen molar-refractivity contribution in [2.24, 2.45) is 0 Å². The van der Waals surface area contributed by atoms with Gasteiger partial charge in [-0.15, -0.1) is 0 Å². The highest BCUT2D eigenvalue weighted by Gasteiger charge is 2.08. The first kappa shape index (κ1) is 14.7. The topological polar surface area (TPSA) is 53.9 Å². The van der Waals surface area contributed by atoms with E-state index >= 15 is 0 Å². The lowest BCUT2D eigenvalue weighted by atomic mass is 10.2. The second kappa shape index (κ2) is 6.27.